The van der Waals surface area contributed by atoms with Crippen LogP contribution < -0.4 is 10.6 Å². The van der Waals surface area contributed by atoms with Gasteiger partial charge in [-0.05, 0) is 30.2 Å². The number of halogens is 4. The Hall–Kier alpha value is -2.71. The fourth-order valence-electron chi connectivity index (χ4n) is 2.85. The molecule has 0 saturated heterocycles. The third-order valence-corrected chi connectivity index (χ3v) is 5.10. The molecule has 10 heteroatoms. The number of hydrogen-bond donors (Lipinski definition) is 2. The molecule has 0 atom stereocenters. The number of rotatable bonds is 8. The minimum atomic E-state index is -0.480. The quantitative estimate of drug-likeness (QED) is 0.439. The van der Waals surface area contributed by atoms with Crippen molar-refractivity contribution in [3.8, 4) is 0 Å². The van der Waals surface area contributed by atoms with E-state index >= 15 is 0 Å². The largest absolute Gasteiger partial charge is 0.350 e. The van der Waals surface area contributed by atoms with Crippen LogP contribution in [0.5, 0.6) is 0 Å². The van der Waals surface area contributed by atoms with Crippen LogP contribution in [0.15, 0.2) is 36.4 Å². The molecule has 0 radical (unpaired) electrons. The summed E-state index contributed by atoms with van der Waals surface area (Å²) in [5.74, 6) is -0.929. The SMILES string of the molecule is CC(C)CC(=O)n1nc(NCc2c(F)cccc2Cl)nc1NCc1c(F)cccc1Cl. The molecule has 0 bridgehead atoms. The van der Waals surface area contributed by atoms with Gasteiger partial charge in [0.2, 0.25) is 17.8 Å². The molecule has 2 N–H and O–H groups in total. The molecule has 3 rings (SSSR count). The van der Waals surface area contributed by atoms with Crippen molar-refractivity contribution in [3.05, 3.63) is 69.2 Å². The summed E-state index contributed by atoms with van der Waals surface area (Å²) in [5, 5.41) is 10.5. The van der Waals surface area contributed by atoms with Crippen LogP contribution in [0, 0.1) is 17.6 Å². The van der Waals surface area contributed by atoms with Gasteiger partial charge in [0.25, 0.3) is 0 Å². The summed E-state index contributed by atoms with van der Waals surface area (Å²) in [6.45, 7) is 3.82. The standard InChI is InChI=1S/C21H21Cl2F2N5O/c1-12(2)9-19(31)30-21(27-11-14-16(23)6-4-8-18(14)25)28-20(29-30)26-10-13-15(22)5-3-7-17(13)24/h3-8,12H,9-11H2,1-2H3,(H2,26,27,28,29). The Morgan fingerprint density at radius 1 is 1.00 bits per heavy atom. The number of carbonyl (C=O) groups is 1. The number of hydrogen-bond acceptors (Lipinski definition) is 5. The van der Waals surface area contributed by atoms with Crippen molar-refractivity contribution in [3.63, 3.8) is 0 Å². The lowest BCUT2D eigenvalue weighted by molar-refractivity contribution is 0.0873. The summed E-state index contributed by atoms with van der Waals surface area (Å²) in [5.41, 5.74) is 0.490. The summed E-state index contributed by atoms with van der Waals surface area (Å²) < 4.78 is 29.2. The van der Waals surface area contributed by atoms with E-state index in [2.05, 4.69) is 20.7 Å². The summed E-state index contributed by atoms with van der Waals surface area (Å²) in [6, 6.07) is 8.75. The Morgan fingerprint density at radius 2 is 1.55 bits per heavy atom. The average molecular weight is 468 g/mol. The van der Waals surface area contributed by atoms with E-state index in [9.17, 15) is 13.6 Å². The van der Waals surface area contributed by atoms with Crippen LogP contribution in [0.3, 0.4) is 0 Å². The predicted molar refractivity (Wildman–Crippen MR) is 118 cm³/mol. The zero-order valence-electron chi connectivity index (χ0n) is 16.9. The molecule has 0 spiro atoms. The highest BCUT2D eigenvalue weighted by molar-refractivity contribution is 6.31. The normalized spacial score (nSPS) is 11.1. The van der Waals surface area contributed by atoms with Crippen LogP contribution in [-0.4, -0.2) is 20.7 Å². The molecule has 0 aliphatic rings. The minimum Gasteiger partial charge on any atom is -0.350 e. The summed E-state index contributed by atoms with van der Waals surface area (Å²) in [4.78, 5) is 16.9. The molecule has 0 fully saturated rings. The molecule has 164 valence electrons. The molecule has 1 aromatic heterocycles. The molecule has 2 aromatic carbocycles. The first kappa shape index (κ1) is 23.0. The second kappa shape index (κ2) is 10.1. The zero-order chi connectivity index (χ0) is 22.5. The van der Waals surface area contributed by atoms with Crippen LogP contribution in [0.2, 0.25) is 10.0 Å². The van der Waals surface area contributed by atoms with E-state index in [1.165, 1.54) is 24.3 Å². The minimum absolute atomic E-state index is 0.00224. The lowest BCUT2D eigenvalue weighted by Gasteiger charge is -2.10. The number of nitrogens with one attached hydrogen (secondary N) is 2. The van der Waals surface area contributed by atoms with Gasteiger partial charge in [0.05, 0.1) is 0 Å². The van der Waals surface area contributed by atoms with Crippen LogP contribution in [-0.2, 0) is 13.1 Å². The van der Waals surface area contributed by atoms with E-state index in [0.29, 0.717) is 0 Å². The molecular weight excluding hydrogens is 447 g/mol. The van der Waals surface area contributed by atoms with Gasteiger partial charge >= 0.3 is 0 Å². The van der Waals surface area contributed by atoms with Gasteiger partial charge in [-0.1, -0.05) is 49.2 Å². The Kier molecular flexibility index (Phi) is 7.46. The monoisotopic (exact) mass is 467 g/mol. The van der Waals surface area contributed by atoms with Crippen molar-refractivity contribution in [2.45, 2.75) is 33.4 Å². The second-order valence-corrected chi connectivity index (χ2v) is 8.08. The van der Waals surface area contributed by atoms with Gasteiger partial charge in [-0.3, -0.25) is 4.79 Å². The fraction of sp³-hybridized carbons (Fsp3) is 0.286. The number of anilines is 2. The zero-order valence-corrected chi connectivity index (χ0v) is 18.4. The molecule has 0 aliphatic carbocycles. The number of benzene rings is 2. The molecule has 3 aromatic rings. The molecule has 31 heavy (non-hydrogen) atoms. The van der Waals surface area contributed by atoms with Crippen molar-refractivity contribution >= 4 is 41.0 Å². The Bertz CT molecular complexity index is 1050. The second-order valence-electron chi connectivity index (χ2n) is 7.27. The van der Waals surface area contributed by atoms with Crippen LogP contribution in [0.1, 0.15) is 36.2 Å². The highest BCUT2D eigenvalue weighted by atomic mass is 35.5. The van der Waals surface area contributed by atoms with E-state index < -0.39 is 11.6 Å². The van der Waals surface area contributed by atoms with Crippen molar-refractivity contribution in [1.29, 1.82) is 0 Å². The van der Waals surface area contributed by atoms with Gasteiger partial charge in [0, 0.05) is 40.7 Å². The number of carbonyl (C=O) groups excluding carboxylic acids is 1. The molecule has 0 amide bonds. The highest BCUT2D eigenvalue weighted by Crippen LogP contribution is 2.22. The maximum atomic E-state index is 14.1. The first-order chi connectivity index (χ1) is 14.8. The van der Waals surface area contributed by atoms with Crippen molar-refractivity contribution in [2.24, 2.45) is 5.92 Å². The van der Waals surface area contributed by atoms with Gasteiger partial charge in [0.1, 0.15) is 11.6 Å². The molecule has 0 aliphatic heterocycles. The fourth-order valence-corrected chi connectivity index (χ4v) is 3.31. The molecular formula is C21H21Cl2F2N5O. The maximum Gasteiger partial charge on any atom is 0.250 e. The average Bonchev–Trinajstić information content (AvgIpc) is 3.10. The van der Waals surface area contributed by atoms with E-state index in [1.807, 2.05) is 13.8 Å². The Balaban J connectivity index is 1.83. The van der Waals surface area contributed by atoms with E-state index in [1.54, 1.807) is 12.1 Å². The van der Waals surface area contributed by atoms with Crippen LogP contribution in [0.25, 0.3) is 0 Å². The lowest BCUT2D eigenvalue weighted by atomic mass is 10.1. The third kappa shape index (κ3) is 5.71. The Labute approximate surface area is 188 Å². The van der Waals surface area contributed by atoms with E-state index in [-0.39, 0.29) is 64.4 Å². The highest BCUT2D eigenvalue weighted by Gasteiger charge is 2.19. The van der Waals surface area contributed by atoms with Gasteiger partial charge in [0.15, 0.2) is 0 Å². The third-order valence-electron chi connectivity index (χ3n) is 4.40. The molecule has 1 heterocycles. The molecule has 0 saturated carbocycles. The van der Waals surface area contributed by atoms with Crippen molar-refractivity contribution < 1.29 is 13.6 Å². The van der Waals surface area contributed by atoms with Gasteiger partial charge in [-0.25, -0.2) is 8.78 Å². The van der Waals surface area contributed by atoms with Gasteiger partial charge in [-0.2, -0.15) is 9.67 Å². The summed E-state index contributed by atoms with van der Waals surface area (Å²) in [6.07, 6.45) is 0.233. The van der Waals surface area contributed by atoms with Crippen LogP contribution in [0.4, 0.5) is 20.7 Å². The predicted octanol–water partition coefficient (Wildman–Crippen LogP) is 5.77. The topological polar surface area (TPSA) is 71.8 Å². The maximum absolute atomic E-state index is 14.1. The smallest absolute Gasteiger partial charge is 0.250 e. The Morgan fingerprint density at radius 3 is 2.06 bits per heavy atom. The van der Waals surface area contributed by atoms with Gasteiger partial charge in [-0.15, -0.1) is 5.10 Å². The van der Waals surface area contributed by atoms with Gasteiger partial charge < -0.3 is 10.6 Å². The molecule has 6 nitrogen and oxygen atoms in total. The molecule has 0 unspecified atom stereocenters. The lowest BCUT2D eigenvalue weighted by Crippen LogP contribution is -2.18. The van der Waals surface area contributed by atoms with E-state index in [0.717, 1.165) is 4.68 Å². The van der Waals surface area contributed by atoms with Crippen molar-refractivity contribution in [1.82, 2.24) is 14.8 Å². The van der Waals surface area contributed by atoms with E-state index in [4.69, 9.17) is 23.2 Å². The van der Waals surface area contributed by atoms with Crippen molar-refractivity contribution in [2.75, 3.05) is 10.6 Å². The number of nitrogens with zero attached hydrogens (tertiary/aromatic N) is 3. The summed E-state index contributed by atoms with van der Waals surface area (Å²) in [7, 11) is 0. The number of aromatic nitrogens is 3. The summed E-state index contributed by atoms with van der Waals surface area (Å²) >= 11 is 12.1. The first-order valence-electron chi connectivity index (χ1n) is 9.60. The first-order valence-corrected chi connectivity index (χ1v) is 10.4. The van der Waals surface area contributed by atoms with Crippen LogP contribution >= 0.6 is 23.2 Å².